The Hall–Kier alpha value is -2.68. The minimum atomic E-state index is -0.677. The highest BCUT2D eigenvalue weighted by Crippen LogP contribution is 2.36. The lowest BCUT2D eigenvalue weighted by Crippen LogP contribution is -2.36. The van der Waals surface area contributed by atoms with Gasteiger partial charge < -0.3 is 5.11 Å². The van der Waals surface area contributed by atoms with Gasteiger partial charge in [0.2, 0.25) is 11.8 Å². The monoisotopic (exact) mass is 402 g/mol. The van der Waals surface area contributed by atoms with Gasteiger partial charge in [0.1, 0.15) is 5.56 Å². The molecule has 2 N–H and O–H groups in total. The maximum Gasteiger partial charge on any atom is 0.331 e. The molecular formula is C19H22N4O4S. The Morgan fingerprint density at radius 1 is 1.29 bits per heavy atom. The van der Waals surface area contributed by atoms with Crippen molar-refractivity contribution in [2.24, 2.45) is 5.10 Å². The maximum absolute atomic E-state index is 12.5. The third-order valence-electron chi connectivity index (χ3n) is 5.45. The van der Waals surface area contributed by atoms with Crippen molar-refractivity contribution in [3.8, 4) is 5.88 Å². The number of hydrazone groups is 1. The highest BCUT2D eigenvalue weighted by Gasteiger charge is 2.35. The van der Waals surface area contributed by atoms with E-state index in [1.165, 1.54) is 27.8 Å². The maximum atomic E-state index is 12.5. The summed E-state index contributed by atoms with van der Waals surface area (Å²) in [4.78, 5) is 40.3. The van der Waals surface area contributed by atoms with Crippen LogP contribution >= 0.6 is 11.3 Å². The fourth-order valence-electron chi connectivity index (χ4n) is 4.13. The molecule has 1 aliphatic heterocycles. The molecule has 3 heterocycles. The summed E-state index contributed by atoms with van der Waals surface area (Å²) in [7, 11) is 0. The Morgan fingerprint density at radius 3 is 2.68 bits per heavy atom. The number of aromatic amines is 1. The van der Waals surface area contributed by atoms with E-state index >= 15 is 0 Å². The zero-order valence-corrected chi connectivity index (χ0v) is 16.4. The van der Waals surface area contributed by atoms with Crippen molar-refractivity contribution in [2.75, 3.05) is 0 Å². The molecule has 0 aromatic carbocycles. The van der Waals surface area contributed by atoms with Gasteiger partial charge in [0.05, 0.1) is 11.8 Å². The average molecular weight is 402 g/mol. The van der Waals surface area contributed by atoms with Crippen LogP contribution in [0.1, 0.15) is 68.0 Å². The number of amides is 1. The highest BCUT2D eigenvalue weighted by atomic mass is 32.1. The number of H-pyrrole nitrogens is 1. The number of rotatable bonds is 3. The summed E-state index contributed by atoms with van der Waals surface area (Å²) >= 11 is 1.50. The summed E-state index contributed by atoms with van der Waals surface area (Å²) < 4.78 is 1.29. The largest absolute Gasteiger partial charge is 0.494 e. The first-order valence-electron chi connectivity index (χ1n) is 9.46. The van der Waals surface area contributed by atoms with E-state index in [0.29, 0.717) is 12.1 Å². The summed E-state index contributed by atoms with van der Waals surface area (Å²) in [5, 5.41) is 18.5. The number of carbonyl (C=O) groups is 1. The minimum absolute atomic E-state index is 0.0181. The molecule has 2 aliphatic rings. The van der Waals surface area contributed by atoms with Gasteiger partial charge in [0, 0.05) is 24.3 Å². The summed E-state index contributed by atoms with van der Waals surface area (Å²) in [5.41, 5.74) is -0.981. The predicted molar refractivity (Wildman–Crippen MR) is 106 cm³/mol. The molecule has 4 rings (SSSR count). The zero-order valence-electron chi connectivity index (χ0n) is 15.6. The van der Waals surface area contributed by atoms with Crippen molar-refractivity contribution in [1.82, 2.24) is 14.6 Å². The number of carbonyl (C=O) groups excluding carboxylic acids is 1. The summed E-state index contributed by atoms with van der Waals surface area (Å²) in [6.07, 6.45) is 4.92. The van der Waals surface area contributed by atoms with Crippen molar-refractivity contribution in [2.45, 2.75) is 57.5 Å². The zero-order chi connectivity index (χ0) is 19.8. The first-order valence-corrected chi connectivity index (χ1v) is 10.3. The van der Waals surface area contributed by atoms with E-state index in [0.717, 1.165) is 37.0 Å². The first-order chi connectivity index (χ1) is 13.5. The van der Waals surface area contributed by atoms with Gasteiger partial charge in [-0.15, -0.1) is 11.3 Å². The number of nitrogens with one attached hydrogen (secondary N) is 1. The van der Waals surface area contributed by atoms with Crippen LogP contribution in [-0.2, 0) is 4.79 Å². The van der Waals surface area contributed by atoms with Gasteiger partial charge in [-0.1, -0.05) is 25.3 Å². The molecular weight excluding hydrogens is 380 g/mol. The second kappa shape index (κ2) is 7.38. The second-order valence-corrected chi connectivity index (χ2v) is 8.24. The number of aromatic hydroxyl groups is 1. The molecule has 8 nitrogen and oxygen atoms in total. The Bertz CT molecular complexity index is 1030. The van der Waals surface area contributed by atoms with Gasteiger partial charge in [0.15, 0.2) is 0 Å². The lowest BCUT2D eigenvalue weighted by atomic mass is 9.95. The van der Waals surface area contributed by atoms with Crippen molar-refractivity contribution >= 4 is 23.0 Å². The van der Waals surface area contributed by atoms with E-state index in [4.69, 9.17) is 0 Å². The van der Waals surface area contributed by atoms with Crippen molar-refractivity contribution < 1.29 is 9.90 Å². The van der Waals surface area contributed by atoms with Crippen molar-refractivity contribution in [3.63, 3.8) is 0 Å². The molecule has 0 saturated heterocycles. The third-order valence-corrected chi connectivity index (χ3v) is 6.42. The molecule has 9 heteroatoms. The van der Waals surface area contributed by atoms with E-state index in [1.54, 1.807) is 0 Å². The second-order valence-electron chi connectivity index (χ2n) is 7.27. The van der Waals surface area contributed by atoms with Crippen LogP contribution < -0.4 is 11.2 Å². The number of hydrogen-bond acceptors (Lipinski definition) is 6. The van der Waals surface area contributed by atoms with Crippen LogP contribution in [0, 0.1) is 0 Å². The molecule has 2 aromatic heterocycles. The molecule has 1 atom stereocenters. The molecule has 1 aliphatic carbocycles. The number of thiophene rings is 1. The fraction of sp³-hybridized carbons (Fsp3) is 0.474. The van der Waals surface area contributed by atoms with Gasteiger partial charge in [-0.2, -0.15) is 5.10 Å². The van der Waals surface area contributed by atoms with E-state index in [9.17, 15) is 19.5 Å². The SMILES string of the molecule is CC(=O)N1N=C(c2c(O)n(C3CCCCC3)c(=O)[nH]c2=O)C[C@H]1c1cccs1. The van der Waals surface area contributed by atoms with Gasteiger partial charge in [-0.05, 0) is 24.3 Å². The third kappa shape index (κ3) is 3.19. The first kappa shape index (κ1) is 18.7. The number of aromatic nitrogens is 2. The molecule has 0 bridgehead atoms. The molecule has 1 fully saturated rings. The quantitative estimate of drug-likeness (QED) is 0.822. The van der Waals surface area contributed by atoms with Gasteiger partial charge in [0.25, 0.3) is 5.56 Å². The lowest BCUT2D eigenvalue weighted by Gasteiger charge is -2.25. The molecule has 28 heavy (non-hydrogen) atoms. The molecule has 148 valence electrons. The van der Waals surface area contributed by atoms with Crippen LogP contribution in [0.4, 0.5) is 0 Å². The molecule has 2 aromatic rings. The summed E-state index contributed by atoms with van der Waals surface area (Å²) in [6, 6.07) is 3.35. The molecule has 1 saturated carbocycles. The van der Waals surface area contributed by atoms with E-state index in [1.807, 2.05) is 17.5 Å². The Morgan fingerprint density at radius 2 is 2.04 bits per heavy atom. The molecule has 0 unspecified atom stereocenters. The smallest absolute Gasteiger partial charge is 0.331 e. The van der Waals surface area contributed by atoms with Crippen LogP contribution in [0.3, 0.4) is 0 Å². The average Bonchev–Trinajstić information content (AvgIpc) is 3.32. The van der Waals surface area contributed by atoms with E-state index < -0.39 is 11.2 Å². The Kier molecular flexibility index (Phi) is 4.92. The van der Waals surface area contributed by atoms with Crippen LogP contribution in [0.25, 0.3) is 0 Å². The Labute approximate surface area is 165 Å². The predicted octanol–water partition coefficient (Wildman–Crippen LogP) is 2.51. The van der Waals surface area contributed by atoms with Gasteiger partial charge in [-0.3, -0.25) is 19.1 Å². The minimum Gasteiger partial charge on any atom is -0.494 e. The Balaban J connectivity index is 1.78. The van der Waals surface area contributed by atoms with E-state index in [-0.39, 0.29) is 29.4 Å². The lowest BCUT2D eigenvalue weighted by molar-refractivity contribution is -0.130. The fourth-order valence-corrected chi connectivity index (χ4v) is 4.94. The van der Waals surface area contributed by atoms with Crippen LogP contribution in [0.2, 0.25) is 0 Å². The van der Waals surface area contributed by atoms with Gasteiger partial charge >= 0.3 is 5.69 Å². The topological polar surface area (TPSA) is 108 Å². The summed E-state index contributed by atoms with van der Waals surface area (Å²) in [6.45, 7) is 1.42. The van der Waals surface area contributed by atoms with Crippen LogP contribution in [0.5, 0.6) is 5.88 Å². The van der Waals surface area contributed by atoms with Crippen LogP contribution in [-0.4, -0.2) is 31.3 Å². The van der Waals surface area contributed by atoms with E-state index in [2.05, 4.69) is 10.1 Å². The van der Waals surface area contributed by atoms with Crippen molar-refractivity contribution in [3.05, 3.63) is 48.8 Å². The standard InChI is InChI=1S/C19H22N4O4S/c1-11(24)23-14(15-8-5-9-28-15)10-13(21-23)16-17(25)20-19(27)22(18(16)26)12-6-3-2-4-7-12/h5,8-9,12,14,26H,2-4,6-7,10H2,1H3,(H,20,25,27)/t14-/m0/s1. The summed E-state index contributed by atoms with van der Waals surface area (Å²) in [5.74, 6) is -0.598. The number of nitrogens with zero attached hydrogens (tertiary/aromatic N) is 3. The number of hydrogen-bond donors (Lipinski definition) is 2. The molecule has 0 spiro atoms. The van der Waals surface area contributed by atoms with Crippen molar-refractivity contribution in [1.29, 1.82) is 0 Å². The van der Waals surface area contributed by atoms with Gasteiger partial charge in [-0.25, -0.2) is 9.80 Å². The molecule has 1 amide bonds. The normalized spacial score (nSPS) is 20.4. The molecule has 0 radical (unpaired) electrons. The highest BCUT2D eigenvalue weighted by molar-refractivity contribution is 7.10. The van der Waals surface area contributed by atoms with Crippen LogP contribution in [0.15, 0.2) is 32.2 Å².